The van der Waals surface area contributed by atoms with E-state index in [0.29, 0.717) is 16.7 Å². The molecule has 4 rings (SSSR count). The maximum Gasteiger partial charge on any atom is 0.407 e. The molecule has 33 heavy (non-hydrogen) atoms. The predicted octanol–water partition coefficient (Wildman–Crippen LogP) is 5.84. The maximum absolute atomic E-state index is 12.2. The number of amides is 1. The molecule has 0 unspecified atom stereocenters. The average molecular weight is 470 g/mol. The fourth-order valence-corrected chi connectivity index (χ4v) is 4.64. The number of nitrogens with one attached hydrogen (secondary N) is 2. The van der Waals surface area contributed by atoms with Crippen LogP contribution in [0.1, 0.15) is 52.0 Å². The van der Waals surface area contributed by atoms with Crippen LogP contribution in [-0.4, -0.2) is 38.3 Å². The van der Waals surface area contributed by atoms with E-state index in [4.69, 9.17) is 21.3 Å². The van der Waals surface area contributed by atoms with Crippen LogP contribution in [0.15, 0.2) is 30.6 Å². The number of fused-ring (bicyclic) bond motifs is 1. The van der Waals surface area contributed by atoms with Crippen LogP contribution in [-0.2, 0) is 11.8 Å². The summed E-state index contributed by atoms with van der Waals surface area (Å²) in [5, 5.41) is 8.08. The number of anilines is 1. The van der Waals surface area contributed by atoms with Crippen molar-refractivity contribution in [2.45, 2.75) is 71.1 Å². The summed E-state index contributed by atoms with van der Waals surface area (Å²) in [4.78, 5) is 21.4. The Morgan fingerprint density at radius 2 is 2.00 bits per heavy atom. The predicted molar refractivity (Wildman–Crippen MR) is 133 cm³/mol. The van der Waals surface area contributed by atoms with Crippen molar-refractivity contribution in [3.63, 3.8) is 0 Å². The molecule has 1 aromatic carbocycles. The summed E-state index contributed by atoms with van der Waals surface area (Å²) in [6, 6.07) is 6.57. The summed E-state index contributed by atoms with van der Waals surface area (Å²) < 4.78 is 7.50. The topological polar surface area (TPSA) is 81.1 Å². The molecule has 0 radical (unpaired) electrons. The van der Waals surface area contributed by atoms with Crippen molar-refractivity contribution in [3.8, 4) is 11.3 Å². The largest absolute Gasteiger partial charge is 0.444 e. The Labute approximate surface area is 199 Å². The van der Waals surface area contributed by atoms with Crippen molar-refractivity contribution in [1.29, 1.82) is 0 Å². The van der Waals surface area contributed by atoms with Gasteiger partial charge in [-0.1, -0.05) is 11.6 Å². The summed E-state index contributed by atoms with van der Waals surface area (Å²) >= 11 is 6.55. The Bertz CT molecular complexity index is 1170. The quantitative estimate of drug-likeness (QED) is 0.501. The highest BCUT2D eigenvalue weighted by Gasteiger charge is 2.26. The SMILES string of the molecule is Cc1cc(-c2nc(N[C@@H]3CCC[C@H](NC(=O)OC(C)(C)C)C3)ncc2Cl)c2ccn(C)c2c1. The summed E-state index contributed by atoms with van der Waals surface area (Å²) in [6.07, 6.45) is 7.03. The molecular formula is C25H32ClN5O2. The Morgan fingerprint density at radius 3 is 2.76 bits per heavy atom. The molecule has 0 aliphatic heterocycles. The van der Waals surface area contributed by atoms with Gasteiger partial charge in [0.25, 0.3) is 0 Å². The second-order valence-corrected chi connectivity index (χ2v) is 10.3. The van der Waals surface area contributed by atoms with Gasteiger partial charge in [-0.3, -0.25) is 0 Å². The number of hydrogen-bond donors (Lipinski definition) is 2. The standard InChI is InChI=1S/C25H32ClN5O2/c1-15-11-19(18-9-10-31(5)21(18)12-15)22-20(26)14-27-23(30-22)28-16-7-6-8-17(13-16)29-24(32)33-25(2,3)4/h9-12,14,16-17H,6-8,13H2,1-5H3,(H,29,32)(H,27,28,30)/t16-,17+/m1/s1. The minimum atomic E-state index is -0.510. The van der Waals surface area contributed by atoms with E-state index in [1.807, 2.05) is 34.0 Å². The number of carbonyl (C=O) groups is 1. The molecule has 0 saturated heterocycles. The number of aromatic nitrogens is 3. The highest BCUT2D eigenvalue weighted by molar-refractivity contribution is 6.33. The van der Waals surface area contributed by atoms with Crippen molar-refractivity contribution in [2.24, 2.45) is 7.05 Å². The van der Waals surface area contributed by atoms with Gasteiger partial charge in [0.1, 0.15) is 5.60 Å². The summed E-state index contributed by atoms with van der Waals surface area (Å²) in [5.41, 5.74) is 3.48. The number of nitrogens with zero attached hydrogens (tertiary/aromatic N) is 3. The number of benzene rings is 1. The number of rotatable bonds is 4. The second kappa shape index (κ2) is 9.21. The Morgan fingerprint density at radius 1 is 1.24 bits per heavy atom. The number of halogens is 1. The van der Waals surface area contributed by atoms with Crippen LogP contribution >= 0.6 is 11.6 Å². The first-order valence-electron chi connectivity index (χ1n) is 11.4. The zero-order valence-corrected chi connectivity index (χ0v) is 20.7. The van der Waals surface area contributed by atoms with E-state index in [0.717, 1.165) is 47.7 Å². The van der Waals surface area contributed by atoms with Gasteiger partial charge in [0.2, 0.25) is 5.95 Å². The lowest BCUT2D eigenvalue weighted by Crippen LogP contribution is -2.44. The molecule has 7 nitrogen and oxygen atoms in total. The van der Waals surface area contributed by atoms with E-state index in [2.05, 4.69) is 45.3 Å². The number of ether oxygens (including phenoxy) is 1. The van der Waals surface area contributed by atoms with Crippen LogP contribution in [0.2, 0.25) is 5.02 Å². The van der Waals surface area contributed by atoms with E-state index in [1.165, 1.54) is 0 Å². The molecule has 1 amide bonds. The third-order valence-corrected chi connectivity index (χ3v) is 6.15. The average Bonchev–Trinajstić information content (AvgIpc) is 3.08. The molecule has 1 aliphatic carbocycles. The van der Waals surface area contributed by atoms with Gasteiger partial charge < -0.3 is 19.9 Å². The third-order valence-electron chi connectivity index (χ3n) is 5.87. The van der Waals surface area contributed by atoms with Gasteiger partial charge in [-0.2, -0.15) is 0 Å². The molecule has 2 aromatic heterocycles. The Hall–Kier alpha value is -2.80. The van der Waals surface area contributed by atoms with Crippen LogP contribution in [0, 0.1) is 6.92 Å². The Balaban J connectivity index is 1.51. The lowest BCUT2D eigenvalue weighted by molar-refractivity contribution is 0.0492. The van der Waals surface area contributed by atoms with Crippen LogP contribution in [0.5, 0.6) is 0 Å². The lowest BCUT2D eigenvalue weighted by atomic mass is 9.91. The smallest absolute Gasteiger partial charge is 0.407 e. The van der Waals surface area contributed by atoms with E-state index in [1.54, 1.807) is 6.20 Å². The monoisotopic (exact) mass is 469 g/mol. The number of hydrogen-bond acceptors (Lipinski definition) is 5. The number of carbonyl (C=O) groups excluding carboxylic acids is 1. The van der Waals surface area contributed by atoms with Crippen LogP contribution in [0.4, 0.5) is 10.7 Å². The minimum absolute atomic E-state index is 0.0542. The van der Waals surface area contributed by atoms with Gasteiger partial charge in [-0.15, -0.1) is 0 Å². The zero-order valence-electron chi connectivity index (χ0n) is 19.9. The highest BCUT2D eigenvalue weighted by atomic mass is 35.5. The van der Waals surface area contributed by atoms with Gasteiger partial charge in [-0.25, -0.2) is 14.8 Å². The lowest BCUT2D eigenvalue weighted by Gasteiger charge is -2.31. The van der Waals surface area contributed by atoms with Crippen LogP contribution in [0.25, 0.3) is 22.2 Å². The molecule has 1 saturated carbocycles. The molecule has 8 heteroatoms. The molecule has 1 aliphatic rings. The van der Waals surface area contributed by atoms with Crippen LogP contribution in [0.3, 0.4) is 0 Å². The van der Waals surface area contributed by atoms with Crippen molar-refractivity contribution in [2.75, 3.05) is 5.32 Å². The maximum atomic E-state index is 12.2. The number of aryl methyl sites for hydroxylation is 2. The van der Waals surface area contributed by atoms with Gasteiger partial charge in [0.05, 0.1) is 16.9 Å². The summed E-state index contributed by atoms with van der Waals surface area (Å²) in [7, 11) is 2.03. The van der Waals surface area contributed by atoms with Crippen molar-refractivity contribution in [3.05, 3.63) is 41.2 Å². The van der Waals surface area contributed by atoms with E-state index in [9.17, 15) is 4.79 Å². The minimum Gasteiger partial charge on any atom is -0.444 e. The first-order chi connectivity index (χ1) is 15.6. The van der Waals surface area contributed by atoms with Gasteiger partial charge in [-0.05, 0) is 77.1 Å². The molecule has 2 heterocycles. The summed E-state index contributed by atoms with van der Waals surface area (Å²) in [6.45, 7) is 7.67. The molecule has 176 valence electrons. The first kappa shape index (κ1) is 23.4. The van der Waals surface area contributed by atoms with Gasteiger partial charge >= 0.3 is 6.09 Å². The van der Waals surface area contributed by atoms with E-state index < -0.39 is 5.60 Å². The fourth-order valence-electron chi connectivity index (χ4n) is 4.44. The molecule has 2 atom stereocenters. The van der Waals surface area contributed by atoms with Crippen molar-refractivity contribution >= 4 is 34.5 Å². The molecule has 0 bridgehead atoms. The zero-order chi connectivity index (χ0) is 23.8. The van der Waals surface area contributed by atoms with Crippen LogP contribution < -0.4 is 10.6 Å². The molecule has 1 fully saturated rings. The van der Waals surface area contributed by atoms with Crippen molar-refractivity contribution < 1.29 is 9.53 Å². The van der Waals surface area contributed by atoms with Crippen molar-refractivity contribution in [1.82, 2.24) is 19.9 Å². The molecule has 0 spiro atoms. The second-order valence-electron chi connectivity index (χ2n) is 9.91. The van der Waals surface area contributed by atoms with Gasteiger partial charge in [0, 0.05) is 41.8 Å². The number of alkyl carbamates (subject to hydrolysis) is 1. The van der Waals surface area contributed by atoms with E-state index >= 15 is 0 Å². The highest BCUT2D eigenvalue weighted by Crippen LogP contribution is 2.34. The normalized spacial score (nSPS) is 18.8. The molecular weight excluding hydrogens is 438 g/mol. The first-order valence-corrected chi connectivity index (χ1v) is 11.8. The van der Waals surface area contributed by atoms with E-state index in [-0.39, 0.29) is 18.2 Å². The Kier molecular flexibility index (Phi) is 6.52. The third kappa shape index (κ3) is 5.58. The molecule has 2 N–H and O–H groups in total. The molecule has 3 aromatic rings. The fraction of sp³-hybridized carbons (Fsp3) is 0.480. The van der Waals surface area contributed by atoms with Gasteiger partial charge in [0.15, 0.2) is 0 Å². The summed E-state index contributed by atoms with van der Waals surface area (Å²) in [5.74, 6) is 0.544.